The standard InChI is InChI=1S/C12H13ClFN3S/c1-7-6-18-12(16-7)5-11(17-15)9-4-8(13)2-3-10(9)14/h2-4,6,11,17H,5,15H2,1H3. The molecule has 1 heterocycles. The largest absolute Gasteiger partial charge is 0.271 e. The van der Waals surface area contributed by atoms with Gasteiger partial charge in [0.25, 0.3) is 0 Å². The Bertz CT molecular complexity index is 544. The maximum atomic E-state index is 13.7. The van der Waals surface area contributed by atoms with Crippen molar-refractivity contribution in [2.75, 3.05) is 0 Å². The van der Waals surface area contributed by atoms with E-state index in [1.807, 2.05) is 12.3 Å². The molecule has 6 heteroatoms. The van der Waals surface area contributed by atoms with E-state index in [-0.39, 0.29) is 11.9 Å². The minimum absolute atomic E-state index is 0.323. The molecule has 96 valence electrons. The molecular formula is C12H13ClFN3S. The van der Waals surface area contributed by atoms with E-state index in [1.165, 1.54) is 23.5 Å². The lowest BCUT2D eigenvalue weighted by atomic mass is 10.0. The molecule has 2 rings (SSSR count). The fourth-order valence-corrected chi connectivity index (χ4v) is 2.71. The minimum atomic E-state index is -0.339. The van der Waals surface area contributed by atoms with Crippen LogP contribution in [-0.2, 0) is 6.42 Å². The number of thiazole rings is 1. The molecule has 3 nitrogen and oxygen atoms in total. The Labute approximate surface area is 114 Å². The van der Waals surface area contributed by atoms with Crippen LogP contribution in [0.3, 0.4) is 0 Å². The average molecular weight is 286 g/mol. The molecule has 3 N–H and O–H groups in total. The van der Waals surface area contributed by atoms with E-state index >= 15 is 0 Å². The Morgan fingerprint density at radius 2 is 2.33 bits per heavy atom. The molecule has 0 radical (unpaired) electrons. The maximum absolute atomic E-state index is 13.7. The maximum Gasteiger partial charge on any atom is 0.128 e. The topological polar surface area (TPSA) is 50.9 Å². The molecule has 0 saturated heterocycles. The van der Waals surface area contributed by atoms with Gasteiger partial charge in [0.15, 0.2) is 0 Å². The molecule has 0 aliphatic rings. The lowest BCUT2D eigenvalue weighted by Gasteiger charge is -2.16. The van der Waals surface area contributed by atoms with Gasteiger partial charge in [-0.1, -0.05) is 11.6 Å². The fourth-order valence-electron chi connectivity index (χ4n) is 1.71. The van der Waals surface area contributed by atoms with E-state index in [4.69, 9.17) is 17.4 Å². The fraction of sp³-hybridized carbons (Fsp3) is 0.250. The van der Waals surface area contributed by atoms with E-state index in [9.17, 15) is 4.39 Å². The van der Waals surface area contributed by atoms with E-state index in [2.05, 4.69) is 10.4 Å². The molecule has 0 spiro atoms. The number of hydrazine groups is 1. The zero-order valence-electron chi connectivity index (χ0n) is 9.78. The Balaban J connectivity index is 2.25. The number of hydrogen-bond donors (Lipinski definition) is 2. The normalized spacial score (nSPS) is 12.7. The number of nitrogens with zero attached hydrogens (tertiary/aromatic N) is 1. The minimum Gasteiger partial charge on any atom is -0.271 e. The summed E-state index contributed by atoms with van der Waals surface area (Å²) in [6.45, 7) is 1.92. The van der Waals surface area contributed by atoms with Gasteiger partial charge in [-0.3, -0.25) is 11.3 Å². The molecule has 0 aliphatic carbocycles. The highest BCUT2D eigenvalue weighted by molar-refractivity contribution is 7.09. The van der Waals surface area contributed by atoms with Gasteiger partial charge in [-0.25, -0.2) is 9.37 Å². The highest BCUT2D eigenvalue weighted by Crippen LogP contribution is 2.25. The molecule has 18 heavy (non-hydrogen) atoms. The molecule has 0 saturated carbocycles. The molecule has 0 amide bonds. The third-order valence-corrected chi connectivity index (χ3v) is 3.80. The van der Waals surface area contributed by atoms with Crippen LogP contribution in [0.1, 0.15) is 22.3 Å². The number of aromatic nitrogens is 1. The Morgan fingerprint density at radius 1 is 1.56 bits per heavy atom. The predicted octanol–water partition coefficient (Wildman–Crippen LogP) is 2.99. The van der Waals surface area contributed by atoms with Crippen LogP contribution in [0.15, 0.2) is 23.6 Å². The summed E-state index contributed by atoms with van der Waals surface area (Å²) >= 11 is 7.41. The van der Waals surface area contributed by atoms with E-state index < -0.39 is 0 Å². The SMILES string of the molecule is Cc1csc(CC(NN)c2cc(Cl)ccc2F)n1. The summed E-state index contributed by atoms with van der Waals surface area (Å²) in [6, 6.07) is 4.10. The van der Waals surface area contributed by atoms with Crippen LogP contribution >= 0.6 is 22.9 Å². The number of benzene rings is 1. The quantitative estimate of drug-likeness (QED) is 0.671. The van der Waals surface area contributed by atoms with Gasteiger partial charge >= 0.3 is 0 Å². The van der Waals surface area contributed by atoms with Crippen LogP contribution in [0.25, 0.3) is 0 Å². The summed E-state index contributed by atoms with van der Waals surface area (Å²) in [5, 5.41) is 3.36. The second kappa shape index (κ2) is 5.75. The second-order valence-corrected chi connectivity index (χ2v) is 5.35. The lowest BCUT2D eigenvalue weighted by Crippen LogP contribution is -2.30. The highest BCUT2D eigenvalue weighted by atomic mass is 35.5. The van der Waals surface area contributed by atoms with Gasteiger partial charge in [0, 0.05) is 28.1 Å². The Kier molecular flexibility index (Phi) is 4.29. The first kappa shape index (κ1) is 13.4. The third-order valence-electron chi connectivity index (χ3n) is 2.58. The number of hydrogen-bond acceptors (Lipinski definition) is 4. The second-order valence-electron chi connectivity index (χ2n) is 3.97. The van der Waals surface area contributed by atoms with Gasteiger partial charge in [0.1, 0.15) is 5.82 Å². The smallest absolute Gasteiger partial charge is 0.128 e. The molecule has 1 unspecified atom stereocenters. The van der Waals surface area contributed by atoms with Crippen LogP contribution in [-0.4, -0.2) is 4.98 Å². The van der Waals surface area contributed by atoms with Gasteiger partial charge in [0.05, 0.1) is 11.0 Å². The van der Waals surface area contributed by atoms with Gasteiger partial charge < -0.3 is 0 Å². The van der Waals surface area contributed by atoms with Crippen molar-refractivity contribution in [1.82, 2.24) is 10.4 Å². The van der Waals surface area contributed by atoms with E-state index in [0.29, 0.717) is 17.0 Å². The molecule has 1 aromatic carbocycles. The molecule has 2 aromatic rings. The van der Waals surface area contributed by atoms with Crippen LogP contribution in [0.5, 0.6) is 0 Å². The van der Waals surface area contributed by atoms with Crippen molar-refractivity contribution in [3.8, 4) is 0 Å². The van der Waals surface area contributed by atoms with Gasteiger partial charge in [-0.2, -0.15) is 0 Å². The molecular weight excluding hydrogens is 273 g/mol. The van der Waals surface area contributed by atoms with Crippen molar-refractivity contribution in [2.45, 2.75) is 19.4 Å². The Hall–Kier alpha value is -1.01. The average Bonchev–Trinajstić information content (AvgIpc) is 2.75. The van der Waals surface area contributed by atoms with Crippen molar-refractivity contribution >= 4 is 22.9 Å². The van der Waals surface area contributed by atoms with E-state index in [1.54, 1.807) is 6.07 Å². The Morgan fingerprint density at radius 3 is 2.94 bits per heavy atom. The zero-order valence-corrected chi connectivity index (χ0v) is 11.4. The zero-order chi connectivity index (χ0) is 13.1. The summed E-state index contributed by atoms with van der Waals surface area (Å²) < 4.78 is 13.7. The summed E-state index contributed by atoms with van der Waals surface area (Å²) in [5.74, 6) is 5.17. The van der Waals surface area contributed by atoms with Crippen molar-refractivity contribution < 1.29 is 4.39 Å². The number of rotatable bonds is 4. The molecule has 1 atom stereocenters. The molecule has 0 aliphatic heterocycles. The van der Waals surface area contributed by atoms with Gasteiger partial charge in [-0.05, 0) is 25.1 Å². The lowest BCUT2D eigenvalue weighted by molar-refractivity contribution is 0.510. The summed E-state index contributed by atoms with van der Waals surface area (Å²) in [7, 11) is 0. The first-order valence-corrected chi connectivity index (χ1v) is 6.68. The van der Waals surface area contributed by atoms with Crippen molar-refractivity contribution in [3.05, 3.63) is 50.7 Å². The predicted molar refractivity (Wildman–Crippen MR) is 72.0 cm³/mol. The van der Waals surface area contributed by atoms with Crippen LogP contribution in [0, 0.1) is 12.7 Å². The number of nitrogens with two attached hydrogens (primary N) is 1. The number of nitrogens with one attached hydrogen (secondary N) is 1. The number of aryl methyl sites for hydroxylation is 1. The van der Waals surface area contributed by atoms with Crippen LogP contribution in [0.2, 0.25) is 5.02 Å². The summed E-state index contributed by atoms with van der Waals surface area (Å²) in [6.07, 6.45) is 0.534. The van der Waals surface area contributed by atoms with Crippen LogP contribution < -0.4 is 11.3 Å². The van der Waals surface area contributed by atoms with Gasteiger partial charge in [0.2, 0.25) is 0 Å². The summed E-state index contributed by atoms with van der Waals surface area (Å²) in [5.41, 5.74) is 4.02. The highest BCUT2D eigenvalue weighted by Gasteiger charge is 2.17. The van der Waals surface area contributed by atoms with Gasteiger partial charge in [-0.15, -0.1) is 11.3 Å². The van der Waals surface area contributed by atoms with E-state index in [0.717, 1.165) is 10.7 Å². The number of halogens is 2. The molecule has 1 aromatic heterocycles. The third kappa shape index (κ3) is 3.05. The van der Waals surface area contributed by atoms with Crippen molar-refractivity contribution in [1.29, 1.82) is 0 Å². The first-order valence-electron chi connectivity index (χ1n) is 5.42. The van der Waals surface area contributed by atoms with Crippen LogP contribution in [0.4, 0.5) is 4.39 Å². The monoisotopic (exact) mass is 285 g/mol. The van der Waals surface area contributed by atoms with Crippen molar-refractivity contribution in [3.63, 3.8) is 0 Å². The van der Waals surface area contributed by atoms with Crippen molar-refractivity contribution in [2.24, 2.45) is 5.84 Å². The molecule has 0 bridgehead atoms. The molecule has 0 fully saturated rings. The summed E-state index contributed by atoms with van der Waals surface area (Å²) in [4.78, 5) is 4.34. The first-order chi connectivity index (χ1) is 8.60.